The zero-order chi connectivity index (χ0) is 17.6. The highest BCUT2D eigenvalue weighted by atomic mass is 35.5. The number of nitrogens with one attached hydrogen (secondary N) is 1. The van der Waals surface area contributed by atoms with Gasteiger partial charge in [0, 0.05) is 11.8 Å². The van der Waals surface area contributed by atoms with Crippen LogP contribution in [0.3, 0.4) is 0 Å². The first-order valence-electron chi connectivity index (χ1n) is 7.39. The van der Waals surface area contributed by atoms with E-state index in [2.05, 4.69) is 15.0 Å². The van der Waals surface area contributed by atoms with Crippen LogP contribution in [0.4, 0.5) is 4.39 Å². The quantitative estimate of drug-likeness (QED) is 0.553. The predicted molar refractivity (Wildman–Crippen MR) is 94.6 cm³/mol. The molecule has 0 atom stereocenters. The van der Waals surface area contributed by atoms with Crippen LogP contribution in [0.25, 0.3) is 32.9 Å². The standard InChI is InChI=1S/C18H11ClFN3O2/c1-25-10-6-9-4-2-3-5-11(9)12(7-10)15-14(20)16-13(8-21-15)17(24)23-18(19)22-16/h2-8H,1H3,(H,22,23,24). The van der Waals surface area contributed by atoms with E-state index in [0.717, 1.165) is 10.8 Å². The summed E-state index contributed by atoms with van der Waals surface area (Å²) in [6.07, 6.45) is 1.30. The minimum Gasteiger partial charge on any atom is -0.497 e. The van der Waals surface area contributed by atoms with E-state index in [-0.39, 0.29) is 21.9 Å². The second-order valence-corrected chi connectivity index (χ2v) is 5.79. The van der Waals surface area contributed by atoms with Gasteiger partial charge in [-0.3, -0.25) is 14.8 Å². The van der Waals surface area contributed by atoms with Crippen LogP contribution in [0, 0.1) is 5.82 Å². The van der Waals surface area contributed by atoms with Crippen LogP contribution in [0.15, 0.2) is 47.4 Å². The minimum absolute atomic E-state index is 0.0397. The maximum Gasteiger partial charge on any atom is 0.261 e. The lowest BCUT2D eigenvalue weighted by Crippen LogP contribution is -2.10. The molecule has 2 aromatic heterocycles. The highest BCUT2D eigenvalue weighted by Gasteiger charge is 2.17. The van der Waals surface area contributed by atoms with Gasteiger partial charge in [0.1, 0.15) is 17.0 Å². The van der Waals surface area contributed by atoms with Gasteiger partial charge in [-0.25, -0.2) is 9.37 Å². The molecule has 2 heterocycles. The third-order valence-corrected chi connectivity index (χ3v) is 4.17. The summed E-state index contributed by atoms with van der Waals surface area (Å²) in [7, 11) is 1.54. The molecular formula is C18H11ClFN3O2. The molecule has 7 heteroatoms. The fourth-order valence-electron chi connectivity index (χ4n) is 2.82. The van der Waals surface area contributed by atoms with Gasteiger partial charge in [-0.05, 0) is 34.5 Å². The molecule has 0 bridgehead atoms. The molecule has 2 aromatic carbocycles. The molecule has 0 aliphatic rings. The maximum absolute atomic E-state index is 15.1. The minimum atomic E-state index is -0.705. The normalized spacial score (nSPS) is 11.2. The molecule has 4 aromatic rings. The predicted octanol–water partition coefficient (Wildman–Crippen LogP) is 3.94. The van der Waals surface area contributed by atoms with Crippen molar-refractivity contribution < 1.29 is 9.13 Å². The SMILES string of the molecule is COc1cc(-c2ncc3c(=O)[nH]c(Cl)nc3c2F)c2ccccc2c1. The van der Waals surface area contributed by atoms with E-state index in [4.69, 9.17) is 16.3 Å². The Morgan fingerprint density at radius 1 is 1.20 bits per heavy atom. The lowest BCUT2D eigenvalue weighted by Gasteiger charge is -2.11. The summed E-state index contributed by atoms with van der Waals surface area (Å²) >= 11 is 5.76. The maximum atomic E-state index is 15.1. The summed E-state index contributed by atoms with van der Waals surface area (Å²) in [6.45, 7) is 0. The average Bonchev–Trinajstić information content (AvgIpc) is 2.62. The van der Waals surface area contributed by atoms with E-state index in [1.807, 2.05) is 30.3 Å². The van der Waals surface area contributed by atoms with E-state index in [0.29, 0.717) is 11.3 Å². The second-order valence-electron chi connectivity index (χ2n) is 5.44. The molecule has 0 amide bonds. The fourth-order valence-corrected chi connectivity index (χ4v) is 2.99. The van der Waals surface area contributed by atoms with Crippen molar-refractivity contribution >= 4 is 33.3 Å². The van der Waals surface area contributed by atoms with Crippen molar-refractivity contribution in [3.63, 3.8) is 0 Å². The Kier molecular flexibility index (Phi) is 3.62. The van der Waals surface area contributed by atoms with Crippen molar-refractivity contribution in [2.75, 3.05) is 7.11 Å². The average molecular weight is 356 g/mol. The van der Waals surface area contributed by atoms with Gasteiger partial charge < -0.3 is 4.74 Å². The first-order valence-corrected chi connectivity index (χ1v) is 7.77. The summed E-state index contributed by atoms with van der Waals surface area (Å²) < 4.78 is 20.4. The first kappa shape index (κ1) is 15.5. The zero-order valence-corrected chi connectivity index (χ0v) is 13.8. The van der Waals surface area contributed by atoms with Crippen molar-refractivity contribution in [1.29, 1.82) is 0 Å². The lowest BCUT2D eigenvalue weighted by atomic mass is 10.0. The van der Waals surface area contributed by atoms with Gasteiger partial charge in [-0.1, -0.05) is 24.3 Å². The van der Waals surface area contributed by atoms with Crippen LogP contribution < -0.4 is 10.3 Å². The molecule has 124 valence electrons. The molecule has 0 spiro atoms. The van der Waals surface area contributed by atoms with E-state index in [9.17, 15) is 4.79 Å². The van der Waals surface area contributed by atoms with Crippen molar-refractivity contribution in [2.24, 2.45) is 0 Å². The second kappa shape index (κ2) is 5.82. The summed E-state index contributed by atoms with van der Waals surface area (Å²) in [4.78, 5) is 22.3. The number of benzene rings is 2. The molecule has 0 saturated carbocycles. The van der Waals surface area contributed by atoms with Crippen molar-refractivity contribution in [3.05, 3.63) is 64.0 Å². The van der Waals surface area contributed by atoms with Gasteiger partial charge in [0.2, 0.25) is 5.28 Å². The summed E-state index contributed by atoms with van der Waals surface area (Å²) in [6, 6.07) is 11.1. The summed E-state index contributed by atoms with van der Waals surface area (Å²) in [5.74, 6) is -0.129. The largest absolute Gasteiger partial charge is 0.497 e. The Bertz CT molecular complexity index is 1190. The Hall–Kier alpha value is -2.99. The number of aromatic amines is 1. The number of H-pyrrole nitrogens is 1. The van der Waals surface area contributed by atoms with Gasteiger partial charge in [0.25, 0.3) is 5.56 Å². The van der Waals surface area contributed by atoms with Gasteiger partial charge in [-0.2, -0.15) is 0 Å². The van der Waals surface area contributed by atoms with Gasteiger partial charge in [-0.15, -0.1) is 0 Å². The Labute approximate surface area is 146 Å². The lowest BCUT2D eigenvalue weighted by molar-refractivity contribution is 0.415. The third kappa shape index (κ3) is 2.51. The number of nitrogens with zero attached hydrogens (tertiary/aromatic N) is 2. The molecule has 0 aliphatic carbocycles. The van der Waals surface area contributed by atoms with Gasteiger partial charge >= 0.3 is 0 Å². The molecule has 25 heavy (non-hydrogen) atoms. The molecule has 1 N–H and O–H groups in total. The monoisotopic (exact) mass is 355 g/mol. The Balaban J connectivity index is 2.10. The van der Waals surface area contributed by atoms with Crippen molar-refractivity contribution in [2.45, 2.75) is 0 Å². The topological polar surface area (TPSA) is 67.9 Å². The Morgan fingerprint density at radius 2 is 2.00 bits per heavy atom. The number of halogens is 2. The summed E-state index contributed by atoms with van der Waals surface area (Å²) in [5.41, 5.74) is -0.0292. The molecule has 0 unspecified atom stereocenters. The molecule has 5 nitrogen and oxygen atoms in total. The number of pyridine rings is 1. The molecule has 4 rings (SSSR count). The molecule has 0 saturated heterocycles. The number of ether oxygens (including phenoxy) is 1. The van der Waals surface area contributed by atoms with Crippen LogP contribution in [0.2, 0.25) is 5.28 Å². The molecule has 0 radical (unpaired) electrons. The van der Waals surface area contributed by atoms with Crippen LogP contribution in [-0.4, -0.2) is 22.1 Å². The number of rotatable bonds is 2. The number of methoxy groups -OCH3 is 1. The van der Waals surface area contributed by atoms with Crippen molar-refractivity contribution in [1.82, 2.24) is 15.0 Å². The highest BCUT2D eigenvalue weighted by molar-refractivity contribution is 6.28. The van der Waals surface area contributed by atoms with Crippen LogP contribution in [-0.2, 0) is 0 Å². The number of hydrogen-bond donors (Lipinski definition) is 1. The third-order valence-electron chi connectivity index (χ3n) is 3.99. The number of hydrogen-bond acceptors (Lipinski definition) is 4. The van der Waals surface area contributed by atoms with E-state index < -0.39 is 11.4 Å². The molecule has 0 aliphatic heterocycles. The number of aromatic nitrogens is 3. The van der Waals surface area contributed by atoms with E-state index in [1.165, 1.54) is 6.20 Å². The van der Waals surface area contributed by atoms with E-state index in [1.54, 1.807) is 13.2 Å². The van der Waals surface area contributed by atoms with E-state index >= 15 is 4.39 Å². The van der Waals surface area contributed by atoms with Crippen LogP contribution in [0.5, 0.6) is 5.75 Å². The zero-order valence-electron chi connectivity index (χ0n) is 13.0. The van der Waals surface area contributed by atoms with Gasteiger partial charge in [0.05, 0.1) is 12.5 Å². The Morgan fingerprint density at radius 3 is 2.80 bits per heavy atom. The first-order chi connectivity index (χ1) is 12.1. The fraction of sp³-hybridized carbons (Fsp3) is 0.0556. The molecular weight excluding hydrogens is 345 g/mol. The van der Waals surface area contributed by atoms with Crippen molar-refractivity contribution in [3.8, 4) is 17.0 Å². The summed E-state index contributed by atoms with van der Waals surface area (Å²) in [5, 5.41) is 1.56. The highest BCUT2D eigenvalue weighted by Crippen LogP contribution is 2.34. The van der Waals surface area contributed by atoms with Crippen LogP contribution in [0.1, 0.15) is 0 Å². The molecule has 0 fully saturated rings. The smallest absolute Gasteiger partial charge is 0.261 e. The van der Waals surface area contributed by atoms with Gasteiger partial charge in [0.15, 0.2) is 5.82 Å². The number of fused-ring (bicyclic) bond motifs is 2. The van der Waals surface area contributed by atoms with Crippen LogP contribution >= 0.6 is 11.6 Å².